The molecule has 0 unspecified atom stereocenters. The molecule has 0 radical (unpaired) electrons. The highest BCUT2D eigenvalue weighted by Crippen LogP contribution is 2.22. The van der Waals surface area contributed by atoms with Crippen LogP contribution in [0.1, 0.15) is 25.3 Å². The van der Waals surface area contributed by atoms with Gasteiger partial charge in [0.2, 0.25) is 0 Å². The lowest BCUT2D eigenvalue weighted by molar-refractivity contribution is 0.497. The van der Waals surface area contributed by atoms with Gasteiger partial charge in [0.05, 0.1) is 12.0 Å². The number of nitrogens with zero attached hydrogens (tertiary/aromatic N) is 2. The largest absolute Gasteiger partial charge is 0.366 e. The van der Waals surface area contributed by atoms with Crippen LogP contribution in [0, 0.1) is 6.92 Å². The summed E-state index contributed by atoms with van der Waals surface area (Å²) >= 11 is 5.93. The van der Waals surface area contributed by atoms with Crippen molar-refractivity contribution >= 4 is 23.6 Å². The molecule has 1 aromatic carbocycles. The Morgan fingerprint density at radius 2 is 2.19 bits per heavy atom. The van der Waals surface area contributed by atoms with Crippen LogP contribution in [0.3, 0.4) is 0 Å². The molecule has 0 aliphatic carbocycles. The van der Waals surface area contributed by atoms with E-state index in [1.54, 1.807) is 0 Å². The summed E-state index contributed by atoms with van der Waals surface area (Å²) in [5.74, 6) is 0. The van der Waals surface area contributed by atoms with Crippen LogP contribution < -0.4 is 0 Å². The van der Waals surface area contributed by atoms with Crippen molar-refractivity contribution in [3.05, 3.63) is 28.8 Å². The van der Waals surface area contributed by atoms with Crippen molar-refractivity contribution in [1.29, 1.82) is 0 Å². The standard InChI is InChI=1S/C13H19ClN2/c1-4-5-8-16(3)10-15-13-9-12(14)7-6-11(13)2/h6-7,9-10H,4-5,8H2,1-3H3. The minimum atomic E-state index is 0.731. The normalized spacial score (nSPS) is 11.0. The first-order valence-corrected chi connectivity index (χ1v) is 6.02. The number of aryl methyl sites for hydroxylation is 1. The van der Waals surface area contributed by atoms with Gasteiger partial charge < -0.3 is 4.90 Å². The molecule has 0 saturated carbocycles. The van der Waals surface area contributed by atoms with Crippen molar-refractivity contribution in [1.82, 2.24) is 4.90 Å². The van der Waals surface area contributed by atoms with Crippen molar-refractivity contribution < 1.29 is 0 Å². The summed E-state index contributed by atoms with van der Waals surface area (Å²) in [4.78, 5) is 6.54. The molecular formula is C13H19ClN2. The summed E-state index contributed by atoms with van der Waals surface area (Å²) in [5.41, 5.74) is 2.08. The van der Waals surface area contributed by atoms with Crippen molar-refractivity contribution in [3.63, 3.8) is 0 Å². The van der Waals surface area contributed by atoms with E-state index >= 15 is 0 Å². The van der Waals surface area contributed by atoms with Gasteiger partial charge in [0.15, 0.2) is 0 Å². The molecule has 1 aromatic rings. The van der Waals surface area contributed by atoms with E-state index in [2.05, 4.69) is 16.8 Å². The van der Waals surface area contributed by atoms with Crippen LogP contribution in [-0.2, 0) is 0 Å². The van der Waals surface area contributed by atoms with Crippen LogP contribution in [0.2, 0.25) is 5.02 Å². The number of halogens is 1. The number of unbranched alkanes of at least 4 members (excludes halogenated alkanes) is 1. The van der Waals surface area contributed by atoms with Gasteiger partial charge in [0.1, 0.15) is 0 Å². The van der Waals surface area contributed by atoms with E-state index in [0.717, 1.165) is 22.8 Å². The summed E-state index contributed by atoms with van der Waals surface area (Å²) in [6, 6.07) is 5.76. The van der Waals surface area contributed by atoms with Gasteiger partial charge in [-0.3, -0.25) is 0 Å². The molecular weight excluding hydrogens is 220 g/mol. The van der Waals surface area contributed by atoms with Crippen molar-refractivity contribution in [3.8, 4) is 0 Å². The van der Waals surface area contributed by atoms with Crippen LogP contribution in [0.25, 0.3) is 0 Å². The second-order valence-electron chi connectivity index (χ2n) is 4.01. The third kappa shape index (κ3) is 4.23. The molecule has 0 aromatic heterocycles. The molecule has 0 aliphatic heterocycles. The fourth-order valence-electron chi connectivity index (χ4n) is 1.35. The van der Waals surface area contributed by atoms with Crippen LogP contribution in [-0.4, -0.2) is 24.8 Å². The lowest BCUT2D eigenvalue weighted by Gasteiger charge is -2.11. The lowest BCUT2D eigenvalue weighted by Crippen LogP contribution is -2.16. The lowest BCUT2D eigenvalue weighted by atomic mass is 10.2. The molecule has 88 valence electrons. The third-order valence-corrected chi connectivity index (χ3v) is 2.66. The zero-order valence-electron chi connectivity index (χ0n) is 10.2. The summed E-state index contributed by atoms with van der Waals surface area (Å²) < 4.78 is 0. The maximum absolute atomic E-state index is 5.93. The molecule has 1 rings (SSSR count). The third-order valence-electron chi connectivity index (χ3n) is 2.43. The molecule has 0 aliphatic rings. The maximum Gasteiger partial charge on any atom is 0.0909 e. The van der Waals surface area contributed by atoms with Crippen LogP contribution in [0.5, 0.6) is 0 Å². The zero-order chi connectivity index (χ0) is 12.0. The van der Waals surface area contributed by atoms with Gasteiger partial charge in [-0.05, 0) is 31.0 Å². The van der Waals surface area contributed by atoms with Gasteiger partial charge in [-0.1, -0.05) is 31.0 Å². The molecule has 0 N–H and O–H groups in total. The van der Waals surface area contributed by atoms with Crippen molar-refractivity contribution in [2.75, 3.05) is 13.6 Å². The highest BCUT2D eigenvalue weighted by Gasteiger charge is 1.97. The molecule has 2 nitrogen and oxygen atoms in total. The topological polar surface area (TPSA) is 15.6 Å². The second kappa shape index (κ2) is 6.54. The highest BCUT2D eigenvalue weighted by atomic mass is 35.5. The second-order valence-corrected chi connectivity index (χ2v) is 4.45. The minimum absolute atomic E-state index is 0.731. The fourth-order valence-corrected chi connectivity index (χ4v) is 1.51. The Morgan fingerprint density at radius 1 is 1.44 bits per heavy atom. The van der Waals surface area contributed by atoms with Crippen molar-refractivity contribution in [2.45, 2.75) is 26.7 Å². The van der Waals surface area contributed by atoms with E-state index in [1.165, 1.54) is 12.8 Å². The smallest absolute Gasteiger partial charge is 0.0909 e. The Bertz CT molecular complexity index is 361. The monoisotopic (exact) mass is 238 g/mol. The summed E-state index contributed by atoms with van der Waals surface area (Å²) in [5, 5.41) is 0.731. The number of benzene rings is 1. The molecule has 0 saturated heterocycles. The quantitative estimate of drug-likeness (QED) is 0.558. The molecule has 0 atom stereocenters. The molecule has 3 heteroatoms. The molecule has 0 fully saturated rings. The van der Waals surface area contributed by atoms with Crippen LogP contribution in [0.4, 0.5) is 5.69 Å². The number of hydrogen-bond donors (Lipinski definition) is 0. The first-order valence-electron chi connectivity index (χ1n) is 5.64. The number of hydrogen-bond acceptors (Lipinski definition) is 1. The van der Waals surface area contributed by atoms with Crippen molar-refractivity contribution in [2.24, 2.45) is 4.99 Å². The fraction of sp³-hybridized carbons (Fsp3) is 0.462. The zero-order valence-corrected chi connectivity index (χ0v) is 11.0. The average Bonchev–Trinajstić information content (AvgIpc) is 2.27. The van der Waals surface area contributed by atoms with Gasteiger partial charge >= 0.3 is 0 Å². The SMILES string of the molecule is CCCCN(C)C=Nc1cc(Cl)ccc1C. The first-order chi connectivity index (χ1) is 7.63. The van der Waals surface area contributed by atoms with E-state index in [-0.39, 0.29) is 0 Å². The predicted octanol–water partition coefficient (Wildman–Crippen LogP) is 4.04. The summed E-state index contributed by atoms with van der Waals surface area (Å²) in [6.45, 7) is 5.26. The van der Waals surface area contributed by atoms with E-state index in [1.807, 2.05) is 38.5 Å². The maximum atomic E-state index is 5.93. The van der Waals surface area contributed by atoms with Gasteiger partial charge in [-0.15, -0.1) is 0 Å². The summed E-state index contributed by atoms with van der Waals surface area (Å²) in [7, 11) is 2.04. The minimum Gasteiger partial charge on any atom is -0.366 e. The van der Waals surface area contributed by atoms with E-state index in [4.69, 9.17) is 11.6 Å². The Hall–Kier alpha value is -1.02. The van der Waals surface area contributed by atoms with Gasteiger partial charge in [0.25, 0.3) is 0 Å². The van der Waals surface area contributed by atoms with Gasteiger partial charge in [-0.25, -0.2) is 4.99 Å². The predicted molar refractivity (Wildman–Crippen MR) is 71.9 cm³/mol. The number of aliphatic imine (C=N–C) groups is 1. The highest BCUT2D eigenvalue weighted by molar-refractivity contribution is 6.30. The van der Waals surface area contributed by atoms with Gasteiger partial charge in [-0.2, -0.15) is 0 Å². The molecule has 0 heterocycles. The Kier molecular flexibility index (Phi) is 5.33. The van der Waals surface area contributed by atoms with E-state index in [0.29, 0.717) is 0 Å². The van der Waals surface area contributed by atoms with E-state index < -0.39 is 0 Å². The molecule has 0 amide bonds. The Morgan fingerprint density at radius 3 is 2.88 bits per heavy atom. The number of rotatable bonds is 5. The van der Waals surface area contributed by atoms with Crippen LogP contribution in [0.15, 0.2) is 23.2 Å². The molecule has 16 heavy (non-hydrogen) atoms. The first kappa shape index (κ1) is 13.0. The van der Waals surface area contributed by atoms with E-state index in [9.17, 15) is 0 Å². The Labute approximate surface area is 103 Å². The summed E-state index contributed by atoms with van der Waals surface area (Å²) in [6.07, 6.45) is 4.26. The average molecular weight is 239 g/mol. The molecule has 0 spiro atoms. The van der Waals surface area contributed by atoms with Crippen LogP contribution >= 0.6 is 11.6 Å². The van der Waals surface area contributed by atoms with Gasteiger partial charge in [0, 0.05) is 18.6 Å². The molecule has 0 bridgehead atoms. The Balaban J connectivity index is 2.64.